The number of hydrogen-bond acceptors (Lipinski definition) is 3. The number of hydrogen-bond donors (Lipinski definition) is 1. The van der Waals surface area contributed by atoms with Crippen LogP contribution in [-0.2, 0) is 0 Å². The topological polar surface area (TPSA) is 55.0 Å². The summed E-state index contributed by atoms with van der Waals surface area (Å²) in [6, 6.07) is 1.12. The third-order valence-electron chi connectivity index (χ3n) is 2.00. The molecule has 1 aromatic heterocycles. The van der Waals surface area contributed by atoms with Crippen LogP contribution in [0.25, 0.3) is 10.9 Å². The molecule has 72 valence electrons. The van der Waals surface area contributed by atoms with Gasteiger partial charge in [-0.25, -0.2) is 4.39 Å². The summed E-state index contributed by atoms with van der Waals surface area (Å²) >= 11 is 0. The van der Waals surface area contributed by atoms with Gasteiger partial charge in [-0.2, -0.15) is 5.10 Å². The minimum atomic E-state index is -0.566. The molecule has 0 fully saturated rings. The van der Waals surface area contributed by atoms with E-state index >= 15 is 0 Å². The number of aldehydes is 1. The molecule has 5 heteroatoms. The van der Waals surface area contributed by atoms with Gasteiger partial charge in [0.1, 0.15) is 0 Å². The highest BCUT2D eigenvalue weighted by molar-refractivity contribution is 5.98. The van der Waals surface area contributed by atoms with Crippen LogP contribution in [-0.4, -0.2) is 23.6 Å². The number of methoxy groups -OCH3 is 1. The van der Waals surface area contributed by atoms with E-state index < -0.39 is 5.82 Å². The van der Waals surface area contributed by atoms with Crippen LogP contribution in [0, 0.1) is 5.82 Å². The first kappa shape index (κ1) is 8.68. The molecule has 0 bridgehead atoms. The van der Waals surface area contributed by atoms with Gasteiger partial charge in [0.2, 0.25) is 0 Å². The van der Waals surface area contributed by atoms with Crippen molar-refractivity contribution in [3.63, 3.8) is 0 Å². The molecule has 0 atom stereocenters. The molecular weight excluding hydrogens is 187 g/mol. The summed E-state index contributed by atoms with van der Waals surface area (Å²) in [6.45, 7) is 0. The lowest BCUT2D eigenvalue weighted by molar-refractivity contribution is 0.112. The normalized spacial score (nSPS) is 10.4. The first-order valence-corrected chi connectivity index (χ1v) is 3.92. The standard InChI is InChI=1S/C9H7FN2O2/c1-14-9-6-3-11-12-8(6)5(4-13)2-7(9)10/h2-4H,1H3,(H,11,12). The van der Waals surface area contributed by atoms with Crippen LogP contribution < -0.4 is 4.74 Å². The van der Waals surface area contributed by atoms with Crippen LogP contribution in [0.15, 0.2) is 12.3 Å². The van der Waals surface area contributed by atoms with Crippen molar-refractivity contribution in [1.82, 2.24) is 10.2 Å². The van der Waals surface area contributed by atoms with Gasteiger partial charge in [0.25, 0.3) is 0 Å². The second-order valence-electron chi connectivity index (χ2n) is 2.76. The number of aromatic nitrogens is 2. The molecule has 0 radical (unpaired) electrons. The molecule has 2 rings (SSSR count). The third kappa shape index (κ3) is 1.06. The quantitative estimate of drug-likeness (QED) is 0.737. The van der Waals surface area contributed by atoms with E-state index in [9.17, 15) is 9.18 Å². The van der Waals surface area contributed by atoms with Crippen molar-refractivity contribution in [2.24, 2.45) is 0 Å². The van der Waals surface area contributed by atoms with Crippen LogP contribution in [0.4, 0.5) is 4.39 Å². The maximum atomic E-state index is 13.3. The number of nitrogens with one attached hydrogen (secondary N) is 1. The smallest absolute Gasteiger partial charge is 0.166 e. The van der Waals surface area contributed by atoms with Crippen molar-refractivity contribution < 1.29 is 13.9 Å². The van der Waals surface area contributed by atoms with Crippen LogP contribution in [0.2, 0.25) is 0 Å². The Morgan fingerprint density at radius 1 is 1.64 bits per heavy atom. The summed E-state index contributed by atoms with van der Waals surface area (Å²) in [6.07, 6.45) is 1.99. The number of H-pyrrole nitrogens is 1. The van der Waals surface area contributed by atoms with E-state index in [1.807, 2.05) is 0 Å². The van der Waals surface area contributed by atoms with E-state index in [0.717, 1.165) is 6.07 Å². The third-order valence-corrected chi connectivity index (χ3v) is 2.00. The number of nitrogens with zero attached hydrogens (tertiary/aromatic N) is 1. The second kappa shape index (κ2) is 3.10. The largest absolute Gasteiger partial charge is 0.493 e. The molecule has 0 saturated carbocycles. The van der Waals surface area contributed by atoms with E-state index in [-0.39, 0.29) is 11.3 Å². The van der Waals surface area contributed by atoms with E-state index in [4.69, 9.17) is 4.74 Å². The highest BCUT2D eigenvalue weighted by Crippen LogP contribution is 2.29. The average Bonchev–Trinajstić information content (AvgIpc) is 2.65. The van der Waals surface area contributed by atoms with Crippen molar-refractivity contribution in [1.29, 1.82) is 0 Å². The SMILES string of the molecule is COc1c(F)cc(C=O)c2[nH]ncc12. The lowest BCUT2D eigenvalue weighted by Gasteiger charge is -2.03. The Balaban J connectivity index is 2.88. The number of fused-ring (bicyclic) bond motifs is 1. The van der Waals surface area contributed by atoms with Gasteiger partial charge < -0.3 is 4.74 Å². The van der Waals surface area contributed by atoms with Crippen molar-refractivity contribution in [2.75, 3.05) is 7.11 Å². The van der Waals surface area contributed by atoms with Crippen LogP contribution in [0.5, 0.6) is 5.75 Å². The Bertz CT molecular complexity index is 493. The fourth-order valence-electron chi connectivity index (χ4n) is 1.38. The first-order valence-electron chi connectivity index (χ1n) is 3.92. The van der Waals surface area contributed by atoms with Gasteiger partial charge in [0.05, 0.1) is 24.2 Å². The number of rotatable bonds is 2. The van der Waals surface area contributed by atoms with Crippen molar-refractivity contribution >= 4 is 17.2 Å². The molecule has 14 heavy (non-hydrogen) atoms. The Morgan fingerprint density at radius 2 is 2.43 bits per heavy atom. The van der Waals surface area contributed by atoms with Gasteiger partial charge >= 0.3 is 0 Å². The van der Waals surface area contributed by atoms with Crippen molar-refractivity contribution in [3.8, 4) is 5.75 Å². The molecule has 0 aliphatic carbocycles. The molecule has 0 aliphatic rings. The summed E-state index contributed by atoms with van der Waals surface area (Å²) in [5.74, 6) is -0.470. The summed E-state index contributed by atoms with van der Waals surface area (Å²) in [4.78, 5) is 10.6. The zero-order valence-electron chi connectivity index (χ0n) is 7.37. The van der Waals surface area contributed by atoms with Crippen molar-refractivity contribution in [3.05, 3.63) is 23.6 Å². The van der Waals surface area contributed by atoms with Gasteiger partial charge in [-0.1, -0.05) is 0 Å². The maximum absolute atomic E-state index is 13.3. The number of ether oxygens (including phenoxy) is 1. The van der Waals surface area contributed by atoms with E-state index in [2.05, 4.69) is 10.2 Å². The zero-order valence-corrected chi connectivity index (χ0v) is 7.37. The number of carbonyl (C=O) groups is 1. The second-order valence-corrected chi connectivity index (χ2v) is 2.76. The van der Waals surface area contributed by atoms with Gasteiger partial charge in [0, 0.05) is 5.56 Å². The number of halogens is 1. The highest BCUT2D eigenvalue weighted by atomic mass is 19.1. The molecule has 0 amide bonds. The summed E-state index contributed by atoms with van der Waals surface area (Å²) in [5, 5.41) is 6.81. The molecule has 1 heterocycles. The fourth-order valence-corrected chi connectivity index (χ4v) is 1.38. The Morgan fingerprint density at radius 3 is 3.07 bits per heavy atom. The van der Waals surface area contributed by atoms with E-state index in [1.54, 1.807) is 0 Å². The molecule has 0 spiro atoms. The van der Waals surface area contributed by atoms with E-state index in [1.165, 1.54) is 13.3 Å². The Kier molecular flexibility index (Phi) is 1.92. The predicted octanol–water partition coefficient (Wildman–Crippen LogP) is 1.52. The lowest BCUT2D eigenvalue weighted by Crippen LogP contribution is -1.92. The molecule has 4 nitrogen and oxygen atoms in total. The van der Waals surface area contributed by atoms with Gasteiger partial charge in [-0.3, -0.25) is 9.89 Å². The molecule has 0 aliphatic heterocycles. The Hall–Kier alpha value is -1.91. The molecule has 1 N–H and O–H groups in total. The van der Waals surface area contributed by atoms with Gasteiger partial charge in [-0.15, -0.1) is 0 Å². The molecular formula is C9H7FN2O2. The van der Waals surface area contributed by atoms with Crippen LogP contribution >= 0.6 is 0 Å². The molecule has 0 saturated heterocycles. The fraction of sp³-hybridized carbons (Fsp3) is 0.111. The minimum absolute atomic E-state index is 0.0966. The van der Waals surface area contributed by atoms with Gasteiger partial charge in [0.15, 0.2) is 17.9 Å². The Labute approximate surface area is 78.7 Å². The molecule has 0 unspecified atom stereocenters. The van der Waals surface area contributed by atoms with E-state index in [0.29, 0.717) is 17.2 Å². The monoisotopic (exact) mass is 194 g/mol. The van der Waals surface area contributed by atoms with Crippen LogP contribution in [0.3, 0.4) is 0 Å². The van der Waals surface area contributed by atoms with Crippen LogP contribution in [0.1, 0.15) is 10.4 Å². The molecule has 1 aromatic carbocycles. The maximum Gasteiger partial charge on any atom is 0.166 e. The molecule has 2 aromatic rings. The minimum Gasteiger partial charge on any atom is -0.493 e. The van der Waals surface area contributed by atoms with Gasteiger partial charge in [-0.05, 0) is 6.07 Å². The first-order chi connectivity index (χ1) is 6.77. The van der Waals surface area contributed by atoms with Crippen molar-refractivity contribution in [2.45, 2.75) is 0 Å². The number of aromatic amines is 1. The highest BCUT2D eigenvalue weighted by Gasteiger charge is 2.13. The lowest BCUT2D eigenvalue weighted by atomic mass is 10.1. The number of benzene rings is 1. The number of carbonyl (C=O) groups excluding carboxylic acids is 1. The summed E-state index contributed by atoms with van der Waals surface area (Å²) in [5.41, 5.74) is 0.717. The summed E-state index contributed by atoms with van der Waals surface area (Å²) < 4.78 is 18.2. The predicted molar refractivity (Wildman–Crippen MR) is 48.0 cm³/mol. The summed E-state index contributed by atoms with van der Waals surface area (Å²) in [7, 11) is 1.37. The zero-order chi connectivity index (χ0) is 10.1. The average molecular weight is 194 g/mol.